The van der Waals surface area contributed by atoms with E-state index in [0.29, 0.717) is 5.56 Å². The van der Waals surface area contributed by atoms with Crippen molar-refractivity contribution in [1.29, 1.82) is 10.5 Å². The molecule has 0 fully saturated rings. The van der Waals surface area contributed by atoms with E-state index >= 15 is 0 Å². The van der Waals surface area contributed by atoms with Gasteiger partial charge in [0.1, 0.15) is 0 Å². The first-order valence-corrected chi connectivity index (χ1v) is 10.0. The van der Waals surface area contributed by atoms with Gasteiger partial charge in [0.05, 0.1) is 29.3 Å². The standard InChI is InChI=1S/C26H18N4/c1-29-23-9-3-15(13-27)11-21(23)19-7-6-18-17(25(19)29)5-8-20-22-12-16(14-28)4-10-24(22)30(2)26(18)20/h3-12,21,23H,1-2H3. The number of nitrogens with zero attached hydrogens (tertiary/aromatic N) is 4. The highest BCUT2D eigenvalue weighted by molar-refractivity contribution is 6.20. The average Bonchev–Trinajstić information content (AvgIpc) is 3.24. The normalized spacial score (nSPS) is 19.6. The zero-order chi connectivity index (χ0) is 20.6. The van der Waals surface area contributed by atoms with Gasteiger partial charge in [-0.05, 0) is 29.8 Å². The Kier molecular flexibility index (Phi) is 3.24. The fraction of sp³-hybridized carbons (Fsp3) is 0.154. The first kappa shape index (κ1) is 16.9. The number of hydrogen-bond acceptors (Lipinski definition) is 3. The number of nitriles is 2. The molecule has 1 aliphatic carbocycles. The molecule has 2 unspecified atom stereocenters. The zero-order valence-corrected chi connectivity index (χ0v) is 16.7. The molecule has 30 heavy (non-hydrogen) atoms. The SMILES string of the molecule is CN1c2c(ccc3c2ccc2c4cc(C#N)ccc4n(C)c32)C2C=C(C#N)C=CC21. The maximum Gasteiger partial charge on any atom is 0.0991 e. The predicted octanol–water partition coefficient (Wildman–Crippen LogP) is 5.28. The number of benzene rings is 3. The summed E-state index contributed by atoms with van der Waals surface area (Å²) in [4.78, 5) is 2.34. The molecule has 0 N–H and O–H groups in total. The molecular weight excluding hydrogens is 368 g/mol. The second-order valence-electron chi connectivity index (χ2n) is 8.18. The molecule has 2 atom stereocenters. The van der Waals surface area contributed by atoms with Crippen LogP contribution in [-0.2, 0) is 7.05 Å². The van der Waals surface area contributed by atoms with Gasteiger partial charge < -0.3 is 9.47 Å². The number of rotatable bonds is 0. The van der Waals surface area contributed by atoms with Crippen molar-refractivity contribution in [2.24, 2.45) is 7.05 Å². The van der Waals surface area contributed by atoms with Crippen LogP contribution < -0.4 is 4.90 Å². The van der Waals surface area contributed by atoms with E-state index in [1.54, 1.807) is 0 Å². The molecule has 4 aromatic rings. The molecule has 0 bridgehead atoms. The largest absolute Gasteiger partial charge is 0.366 e. The Balaban J connectivity index is 1.69. The summed E-state index contributed by atoms with van der Waals surface area (Å²) in [6, 6.07) is 19.5. The Hall–Kier alpha value is -4.02. The van der Waals surface area contributed by atoms with Gasteiger partial charge in [0.15, 0.2) is 0 Å². The van der Waals surface area contributed by atoms with Crippen molar-refractivity contribution >= 4 is 38.3 Å². The van der Waals surface area contributed by atoms with E-state index in [-0.39, 0.29) is 12.0 Å². The topological polar surface area (TPSA) is 55.8 Å². The molecule has 4 nitrogen and oxygen atoms in total. The van der Waals surface area contributed by atoms with E-state index in [0.717, 1.165) is 16.5 Å². The minimum atomic E-state index is 0.204. The number of allylic oxidation sites excluding steroid dienone is 2. The van der Waals surface area contributed by atoms with Gasteiger partial charge in [-0.25, -0.2) is 0 Å². The Morgan fingerprint density at radius 3 is 2.43 bits per heavy atom. The lowest BCUT2D eigenvalue weighted by Gasteiger charge is -2.25. The lowest BCUT2D eigenvalue weighted by Crippen LogP contribution is -2.29. The van der Waals surface area contributed by atoms with Crippen LogP contribution in [0.5, 0.6) is 0 Å². The van der Waals surface area contributed by atoms with Gasteiger partial charge in [-0.1, -0.05) is 36.4 Å². The van der Waals surface area contributed by atoms with E-state index < -0.39 is 0 Å². The van der Waals surface area contributed by atoms with Crippen molar-refractivity contribution in [2.75, 3.05) is 11.9 Å². The molecule has 1 aromatic heterocycles. The van der Waals surface area contributed by atoms with Crippen molar-refractivity contribution in [3.63, 3.8) is 0 Å². The van der Waals surface area contributed by atoms with Crippen LogP contribution in [0.25, 0.3) is 32.6 Å². The summed E-state index contributed by atoms with van der Waals surface area (Å²) in [5.41, 5.74) is 6.25. The molecule has 3 aromatic carbocycles. The smallest absolute Gasteiger partial charge is 0.0991 e. The van der Waals surface area contributed by atoms with Gasteiger partial charge in [0, 0.05) is 58.3 Å². The van der Waals surface area contributed by atoms with Crippen LogP contribution in [0.1, 0.15) is 17.0 Å². The molecular formula is C26H18N4. The van der Waals surface area contributed by atoms with Crippen molar-refractivity contribution in [3.05, 3.63) is 77.4 Å². The Morgan fingerprint density at radius 2 is 1.63 bits per heavy atom. The number of likely N-dealkylation sites (N-methyl/N-ethyl adjacent to an activating group) is 1. The minimum Gasteiger partial charge on any atom is -0.366 e. The van der Waals surface area contributed by atoms with Gasteiger partial charge in [-0.3, -0.25) is 0 Å². The third-order valence-corrected chi connectivity index (χ3v) is 6.78. The van der Waals surface area contributed by atoms with E-state index in [1.165, 1.54) is 32.9 Å². The summed E-state index contributed by atoms with van der Waals surface area (Å²) in [6.45, 7) is 0. The van der Waals surface area contributed by atoms with Crippen molar-refractivity contribution in [3.8, 4) is 12.1 Å². The van der Waals surface area contributed by atoms with E-state index in [9.17, 15) is 10.5 Å². The van der Waals surface area contributed by atoms with Crippen molar-refractivity contribution in [1.82, 2.24) is 4.57 Å². The average molecular weight is 386 g/mol. The summed E-state index contributed by atoms with van der Waals surface area (Å²) in [7, 11) is 4.24. The number of aromatic nitrogens is 1. The summed E-state index contributed by atoms with van der Waals surface area (Å²) < 4.78 is 2.23. The molecule has 2 heterocycles. The summed E-state index contributed by atoms with van der Waals surface area (Å²) in [5.74, 6) is 0.204. The van der Waals surface area contributed by atoms with Crippen molar-refractivity contribution in [2.45, 2.75) is 12.0 Å². The third kappa shape index (κ3) is 1.98. The molecule has 1 aliphatic heterocycles. The van der Waals surface area contributed by atoms with Crippen molar-refractivity contribution < 1.29 is 0 Å². The molecule has 0 radical (unpaired) electrons. The summed E-state index contributed by atoms with van der Waals surface area (Å²) in [5, 5.41) is 23.4. The summed E-state index contributed by atoms with van der Waals surface area (Å²) >= 11 is 0. The van der Waals surface area contributed by atoms with Gasteiger partial charge in [0.25, 0.3) is 0 Å². The molecule has 6 rings (SSSR count). The molecule has 0 spiro atoms. The molecule has 142 valence electrons. The van der Waals surface area contributed by atoms with Crippen LogP contribution in [0.3, 0.4) is 0 Å². The van der Waals surface area contributed by atoms with Crippen LogP contribution in [0, 0.1) is 22.7 Å². The third-order valence-electron chi connectivity index (χ3n) is 6.78. The van der Waals surface area contributed by atoms with E-state index in [4.69, 9.17) is 0 Å². The van der Waals surface area contributed by atoms with E-state index in [2.05, 4.69) is 72.1 Å². The number of anilines is 1. The highest BCUT2D eigenvalue weighted by Crippen LogP contribution is 2.48. The van der Waals surface area contributed by atoms with Crippen LogP contribution in [0.4, 0.5) is 5.69 Å². The maximum atomic E-state index is 9.35. The molecule has 0 amide bonds. The maximum absolute atomic E-state index is 9.35. The van der Waals surface area contributed by atoms with Crippen LogP contribution in [0.2, 0.25) is 0 Å². The van der Waals surface area contributed by atoms with Gasteiger partial charge in [-0.15, -0.1) is 0 Å². The second-order valence-corrected chi connectivity index (χ2v) is 8.18. The highest BCUT2D eigenvalue weighted by Gasteiger charge is 2.36. The quantitative estimate of drug-likeness (QED) is 0.413. The molecule has 2 aliphatic rings. The van der Waals surface area contributed by atoms with Gasteiger partial charge in [0.2, 0.25) is 0 Å². The van der Waals surface area contributed by atoms with Crippen LogP contribution in [0.15, 0.2) is 66.3 Å². The number of fused-ring (bicyclic) bond motifs is 9. The zero-order valence-electron chi connectivity index (χ0n) is 16.7. The monoisotopic (exact) mass is 386 g/mol. The minimum absolute atomic E-state index is 0.204. The number of hydrogen-bond donors (Lipinski definition) is 0. The first-order chi connectivity index (χ1) is 14.6. The van der Waals surface area contributed by atoms with Gasteiger partial charge >= 0.3 is 0 Å². The highest BCUT2D eigenvalue weighted by atomic mass is 15.2. The van der Waals surface area contributed by atoms with Gasteiger partial charge in [-0.2, -0.15) is 10.5 Å². The fourth-order valence-electron chi connectivity index (χ4n) is 5.40. The van der Waals surface area contributed by atoms with E-state index in [1.807, 2.05) is 24.3 Å². The second kappa shape index (κ2) is 5.75. The predicted molar refractivity (Wildman–Crippen MR) is 120 cm³/mol. The molecule has 0 saturated heterocycles. The lowest BCUT2D eigenvalue weighted by molar-refractivity contribution is 0.720. The Labute approximate surface area is 174 Å². The van der Waals surface area contributed by atoms with Crippen LogP contribution in [-0.4, -0.2) is 17.7 Å². The molecule has 4 heteroatoms. The lowest BCUT2D eigenvalue weighted by atomic mass is 9.88. The summed E-state index contributed by atoms with van der Waals surface area (Å²) in [6.07, 6.45) is 6.17. The fourth-order valence-corrected chi connectivity index (χ4v) is 5.40. The Bertz CT molecular complexity index is 1550. The number of aryl methyl sites for hydroxylation is 1. The first-order valence-electron chi connectivity index (χ1n) is 10.0. The Morgan fingerprint density at radius 1 is 0.867 bits per heavy atom. The van der Waals surface area contributed by atoms with Crippen LogP contribution >= 0.6 is 0 Å². The molecule has 0 saturated carbocycles.